The lowest BCUT2D eigenvalue weighted by Gasteiger charge is -2.33. The van der Waals surface area contributed by atoms with E-state index in [1.165, 1.54) is 37.8 Å². The minimum Gasteiger partial charge on any atom is -0.493 e. The molecule has 1 saturated heterocycles. The first kappa shape index (κ1) is 35.3. The average molecular weight is 678 g/mol. The van der Waals surface area contributed by atoms with Gasteiger partial charge in [0.1, 0.15) is 12.2 Å². The third-order valence-corrected chi connectivity index (χ3v) is 8.97. The summed E-state index contributed by atoms with van der Waals surface area (Å²) in [5.41, 5.74) is 0.903. The highest BCUT2D eigenvalue weighted by Crippen LogP contribution is 2.45. The van der Waals surface area contributed by atoms with Gasteiger partial charge in [-0.25, -0.2) is 4.79 Å². The van der Waals surface area contributed by atoms with E-state index in [1.807, 2.05) is 13.8 Å². The summed E-state index contributed by atoms with van der Waals surface area (Å²) in [4.78, 5) is 52.9. The van der Waals surface area contributed by atoms with Crippen molar-refractivity contribution in [3.8, 4) is 11.5 Å². The van der Waals surface area contributed by atoms with E-state index in [1.54, 1.807) is 43.3 Å². The topological polar surface area (TPSA) is 142 Å². The van der Waals surface area contributed by atoms with E-state index in [4.69, 9.17) is 35.3 Å². The van der Waals surface area contributed by atoms with Crippen molar-refractivity contribution in [1.29, 1.82) is 0 Å². The highest BCUT2D eigenvalue weighted by Gasteiger charge is 2.47. The van der Waals surface area contributed by atoms with E-state index in [0.717, 1.165) is 0 Å². The number of benzene rings is 2. The van der Waals surface area contributed by atoms with Crippen LogP contribution in [-0.4, -0.2) is 81.1 Å². The number of thioether (sulfide) groups is 1. The first-order valence-electron chi connectivity index (χ1n) is 14.8. The smallest absolute Gasteiger partial charge is 0.343 e. The molecule has 2 amide bonds. The van der Waals surface area contributed by atoms with Gasteiger partial charge < -0.3 is 39.2 Å². The molecule has 2 aliphatic rings. The normalized spacial score (nSPS) is 21.2. The third-order valence-electron chi connectivity index (χ3n) is 7.48. The number of rotatable bonds is 12. The van der Waals surface area contributed by atoms with Crippen LogP contribution < -0.4 is 25.0 Å². The fraction of sp³-hybridized carbons (Fsp3) is 0.500. The van der Waals surface area contributed by atoms with Gasteiger partial charge in [0, 0.05) is 53.1 Å². The summed E-state index contributed by atoms with van der Waals surface area (Å²) < 4.78 is 28.4. The van der Waals surface area contributed by atoms with Crippen molar-refractivity contribution >= 4 is 52.8 Å². The number of nitrogens with one attached hydrogen (secondary N) is 2. The Morgan fingerprint density at radius 2 is 1.91 bits per heavy atom. The maximum atomic E-state index is 14.5. The van der Waals surface area contributed by atoms with Crippen LogP contribution >= 0.6 is 23.4 Å². The Kier molecular flexibility index (Phi) is 11.5. The lowest BCUT2D eigenvalue weighted by Crippen LogP contribution is -2.56. The van der Waals surface area contributed by atoms with E-state index in [2.05, 4.69) is 10.6 Å². The number of para-hydroxylation sites is 1. The van der Waals surface area contributed by atoms with Crippen LogP contribution in [0.3, 0.4) is 0 Å². The summed E-state index contributed by atoms with van der Waals surface area (Å²) in [5.74, 6) is -0.852. The number of esters is 2. The molecule has 2 N–H and O–H groups in total. The molecule has 0 bridgehead atoms. The molecule has 14 heteroatoms. The van der Waals surface area contributed by atoms with Crippen LogP contribution in [-0.2, 0) is 33.4 Å². The molecular formula is C32H40ClN3O9S. The Morgan fingerprint density at radius 1 is 1.15 bits per heavy atom. The predicted molar refractivity (Wildman–Crippen MR) is 173 cm³/mol. The zero-order valence-corrected chi connectivity index (χ0v) is 28.3. The molecule has 2 aliphatic heterocycles. The van der Waals surface area contributed by atoms with Gasteiger partial charge in [0.15, 0.2) is 16.4 Å². The number of methoxy groups -OCH3 is 2. The molecule has 1 unspecified atom stereocenters. The second kappa shape index (κ2) is 14.9. The molecule has 3 atom stereocenters. The molecule has 0 radical (unpaired) electrons. The fourth-order valence-electron chi connectivity index (χ4n) is 5.41. The van der Waals surface area contributed by atoms with Gasteiger partial charge in [-0.3, -0.25) is 14.4 Å². The van der Waals surface area contributed by atoms with Crippen molar-refractivity contribution < 1.29 is 42.9 Å². The number of nitrogens with zero attached hydrogens (tertiary/aromatic N) is 1. The van der Waals surface area contributed by atoms with Gasteiger partial charge in [-0.1, -0.05) is 37.6 Å². The van der Waals surface area contributed by atoms with Crippen molar-refractivity contribution in [3.05, 3.63) is 52.5 Å². The second-order valence-electron chi connectivity index (χ2n) is 11.7. The minimum absolute atomic E-state index is 0.0421. The molecule has 1 fully saturated rings. The Balaban J connectivity index is 1.80. The van der Waals surface area contributed by atoms with Crippen LogP contribution in [0.1, 0.15) is 51.3 Å². The lowest BCUT2D eigenvalue weighted by molar-refractivity contribution is -0.149. The molecule has 250 valence electrons. The second-order valence-corrected chi connectivity index (χ2v) is 13.4. The van der Waals surface area contributed by atoms with Gasteiger partial charge in [0.05, 0.1) is 33.9 Å². The number of anilines is 1. The molecule has 0 saturated carbocycles. The van der Waals surface area contributed by atoms with Crippen LogP contribution in [0.2, 0.25) is 5.02 Å². The highest BCUT2D eigenvalue weighted by atomic mass is 35.5. The Morgan fingerprint density at radius 3 is 2.54 bits per heavy atom. The number of carbonyl (C=O) groups is 4. The molecule has 2 heterocycles. The van der Waals surface area contributed by atoms with E-state index >= 15 is 0 Å². The van der Waals surface area contributed by atoms with Gasteiger partial charge in [0.25, 0.3) is 5.91 Å². The number of carbonyl (C=O) groups excluding carboxylic acids is 4. The van der Waals surface area contributed by atoms with Crippen molar-refractivity contribution in [1.82, 2.24) is 10.6 Å². The molecule has 4 rings (SSSR count). The molecule has 2 aromatic carbocycles. The zero-order valence-electron chi connectivity index (χ0n) is 26.8. The van der Waals surface area contributed by atoms with Crippen LogP contribution in [0.5, 0.6) is 11.5 Å². The Hall–Kier alpha value is -3.52. The van der Waals surface area contributed by atoms with E-state index < -0.39 is 52.7 Å². The molecule has 0 aliphatic carbocycles. The van der Waals surface area contributed by atoms with Crippen LogP contribution in [0.4, 0.5) is 5.69 Å². The summed E-state index contributed by atoms with van der Waals surface area (Å²) in [6, 6.07) is 10.4. The molecule has 2 aromatic rings. The van der Waals surface area contributed by atoms with E-state index in [9.17, 15) is 19.2 Å². The van der Waals surface area contributed by atoms with Crippen molar-refractivity contribution in [2.45, 2.75) is 51.2 Å². The van der Waals surface area contributed by atoms with Crippen molar-refractivity contribution in [3.63, 3.8) is 0 Å². The summed E-state index contributed by atoms with van der Waals surface area (Å²) in [7, 11) is 3.01. The molecule has 0 aromatic heterocycles. The van der Waals surface area contributed by atoms with Crippen LogP contribution in [0.25, 0.3) is 0 Å². The Bertz CT molecular complexity index is 1460. The number of halogens is 1. The molecule has 12 nitrogen and oxygen atoms in total. The molecular weight excluding hydrogens is 638 g/mol. The highest BCUT2D eigenvalue weighted by molar-refractivity contribution is 8.01. The van der Waals surface area contributed by atoms with Gasteiger partial charge in [-0.05, 0) is 31.2 Å². The van der Waals surface area contributed by atoms with E-state index in [-0.39, 0.29) is 26.3 Å². The van der Waals surface area contributed by atoms with Crippen LogP contribution in [0.15, 0.2) is 36.4 Å². The first-order chi connectivity index (χ1) is 21.8. The number of amides is 2. The van der Waals surface area contributed by atoms with E-state index in [0.29, 0.717) is 39.2 Å². The largest absolute Gasteiger partial charge is 0.493 e. The summed E-state index contributed by atoms with van der Waals surface area (Å²) >= 11 is 7.72. The zero-order chi connectivity index (χ0) is 33.6. The summed E-state index contributed by atoms with van der Waals surface area (Å²) in [6.45, 7) is 7.19. The van der Waals surface area contributed by atoms with Crippen LogP contribution in [0, 0.1) is 5.41 Å². The predicted octanol–water partition coefficient (Wildman–Crippen LogP) is 3.83. The Labute approximate surface area is 277 Å². The fourth-order valence-corrected chi connectivity index (χ4v) is 6.60. The molecule has 0 spiro atoms. The first-order valence-corrected chi connectivity index (χ1v) is 16.1. The number of ether oxygens (including phenoxy) is 5. The lowest BCUT2D eigenvalue weighted by atomic mass is 9.92. The number of hydrogen-bond acceptors (Lipinski definition) is 11. The summed E-state index contributed by atoms with van der Waals surface area (Å²) in [5, 5.41) is 6.27. The average Bonchev–Trinajstić information content (AvgIpc) is 3.46. The van der Waals surface area contributed by atoms with Gasteiger partial charge >= 0.3 is 11.9 Å². The third kappa shape index (κ3) is 7.88. The monoisotopic (exact) mass is 677 g/mol. The molecule has 46 heavy (non-hydrogen) atoms. The SMILES string of the molecule is CCOC(=O)C1(NC(=O)C[C@H]2O[C@H](c3cccc(OC)c3OC)c3cc(Cl)ccc3N(CC(C)(C)COC(C)=O)C2=O)CNCS1. The maximum Gasteiger partial charge on any atom is 0.343 e. The quantitative estimate of drug-likeness (QED) is 0.317. The number of fused-ring (bicyclic) bond motifs is 1. The van der Waals surface area contributed by atoms with Gasteiger partial charge in [0.2, 0.25) is 5.91 Å². The van der Waals surface area contributed by atoms with Gasteiger partial charge in [-0.15, -0.1) is 11.8 Å². The van der Waals surface area contributed by atoms with Crippen molar-refractivity contribution in [2.75, 3.05) is 51.3 Å². The summed E-state index contributed by atoms with van der Waals surface area (Å²) in [6.07, 6.45) is -2.65. The maximum absolute atomic E-state index is 14.5. The number of hydrogen-bond donors (Lipinski definition) is 2. The van der Waals surface area contributed by atoms with Crippen molar-refractivity contribution in [2.24, 2.45) is 5.41 Å². The van der Waals surface area contributed by atoms with Gasteiger partial charge in [-0.2, -0.15) is 0 Å². The standard InChI is InChI=1S/C32H40ClN3O9S/c1-7-43-30(40)32(15-34-18-46-32)35-26(38)14-25-29(39)36(16-31(3,4)17-44-19(2)37)23-12-11-20(33)13-22(23)27(45-25)21-9-8-10-24(41-5)28(21)42-6/h8-13,25,27,34H,7,14-18H2,1-6H3,(H,35,38)/t25-,27-,32?/m1/s1. The minimum atomic E-state index is -1.35.